The zero-order valence-electron chi connectivity index (χ0n) is 14.0. The van der Waals surface area contributed by atoms with Gasteiger partial charge in [0.15, 0.2) is 0 Å². The van der Waals surface area contributed by atoms with Gasteiger partial charge in [-0.05, 0) is 0 Å². The number of fused-ring (bicyclic) bond motifs is 1. The van der Waals surface area contributed by atoms with E-state index in [9.17, 15) is 0 Å². The molecule has 0 saturated carbocycles. The van der Waals surface area contributed by atoms with Crippen LogP contribution < -0.4 is 0 Å². The standard InChI is InChI=1S/C10H9.C9H13.H3Si.Zr/c1-8-6-9-4-2-3-5-10(9)7-8;1-6-5-7(2)9(4)8(6)3;;/h2-7H,1H3;5H,1-4H3;1H3;. The maximum atomic E-state index is 2.62. The minimum atomic E-state index is -1.59. The first kappa shape index (κ1) is 15.4. The van der Waals surface area contributed by atoms with E-state index in [1.807, 2.05) is 0 Å². The SMILES string of the molecule is CC1=C[C](C)([Zr]([SiH3])[CH]2C(C)=Cc3ccccc32)C(C)=C1C. The summed E-state index contributed by atoms with van der Waals surface area (Å²) in [5, 5.41) is 0. The van der Waals surface area contributed by atoms with E-state index >= 15 is 0 Å². The summed E-state index contributed by atoms with van der Waals surface area (Å²) in [6, 6.07) is 9.08. The second-order valence-electron chi connectivity index (χ2n) is 6.91. The Kier molecular flexibility index (Phi) is 3.91. The van der Waals surface area contributed by atoms with E-state index in [-0.39, 0.29) is 0 Å². The van der Waals surface area contributed by atoms with Gasteiger partial charge in [-0.3, -0.25) is 0 Å². The summed E-state index contributed by atoms with van der Waals surface area (Å²) in [5.41, 5.74) is 9.49. The minimum absolute atomic E-state index is 0.430. The van der Waals surface area contributed by atoms with Crippen LogP contribution in [0.4, 0.5) is 0 Å². The summed E-state index contributed by atoms with van der Waals surface area (Å²) in [4.78, 5) is 0. The van der Waals surface area contributed by atoms with Crippen LogP contribution in [0.1, 0.15) is 49.4 Å². The number of hydrogen-bond donors (Lipinski definition) is 0. The Morgan fingerprint density at radius 3 is 2.38 bits per heavy atom. The molecule has 109 valence electrons. The maximum absolute atomic E-state index is 2.62. The van der Waals surface area contributed by atoms with Crippen molar-refractivity contribution < 1.29 is 20.9 Å². The van der Waals surface area contributed by atoms with Crippen LogP contribution in [0.15, 0.2) is 52.6 Å². The van der Waals surface area contributed by atoms with Crippen LogP contribution in [0.2, 0.25) is 3.12 Å². The summed E-state index contributed by atoms with van der Waals surface area (Å²) in [5.74, 6) is 0. The van der Waals surface area contributed by atoms with Crippen molar-refractivity contribution in [3.05, 3.63) is 63.8 Å². The summed E-state index contributed by atoms with van der Waals surface area (Å²) in [6.45, 7) is 11.9. The second-order valence-corrected chi connectivity index (χ2v) is 20.6. The van der Waals surface area contributed by atoms with Gasteiger partial charge in [-0.15, -0.1) is 0 Å². The van der Waals surface area contributed by atoms with Crippen LogP contribution in [0, 0.1) is 0 Å². The molecule has 0 saturated heterocycles. The van der Waals surface area contributed by atoms with Crippen LogP contribution in [0.3, 0.4) is 0 Å². The topological polar surface area (TPSA) is 0 Å². The zero-order chi connectivity index (χ0) is 15.4. The molecule has 1 aromatic carbocycles. The number of benzene rings is 1. The Labute approximate surface area is 139 Å². The molecule has 0 aromatic heterocycles. The van der Waals surface area contributed by atoms with Crippen molar-refractivity contribution in [2.24, 2.45) is 0 Å². The molecule has 2 atom stereocenters. The van der Waals surface area contributed by atoms with E-state index in [4.69, 9.17) is 0 Å². The molecule has 2 heteroatoms. The third-order valence-corrected chi connectivity index (χ3v) is 24.7. The Balaban J connectivity index is 2.05. The third kappa shape index (κ3) is 2.26. The molecule has 0 N–H and O–H groups in total. The quantitative estimate of drug-likeness (QED) is 0.670. The van der Waals surface area contributed by atoms with E-state index in [1.165, 1.54) is 18.5 Å². The Bertz CT molecular complexity index is 695. The normalized spacial score (nSPS) is 27.8. The summed E-state index contributed by atoms with van der Waals surface area (Å²) < 4.78 is 1.23. The fourth-order valence-electron chi connectivity index (χ4n) is 4.10. The predicted molar refractivity (Wildman–Crippen MR) is 93.3 cm³/mol. The fraction of sp³-hybridized carbons (Fsp3) is 0.368. The molecule has 21 heavy (non-hydrogen) atoms. The molecule has 3 rings (SSSR count). The monoisotopic (exact) mass is 371 g/mol. The van der Waals surface area contributed by atoms with Gasteiger partial charge < -0.3 is 0 Å². The first-order valence-corrected chi connectivity index (χ1v) is 18.9. The second kappa shape index (κ2) is 5.32. The number of hydrogen-bond acceptors (Lipinski definition) is 0. The van der Waals surface area contributed by atoms with Gasteiger partial charge in [-0.1, -0.05) is 0 Å². The van der Waals surface area contributed by atoms with Crippen molar-refractivity contribution in [2.45, 2.75) is 41.4 Å². The van der Waals surface area contributed by atoms with Crippen molar-refractivity contribution in [1.82, 2.24) is 0 Å². The number of allylic oxidation sites excluding steroid dienone is 5. The molecule has 0 heterocycles. The third-order valence-electron chi connectivity index (χ3n) is 5.84. The summed E-state index contributed by atoms with van der Waals surface area (Å²) in [6.07, 6.45) is 5.06. The number of rotatable bonds is 2. The molecule has 2 aliphatic rings. The van der Waals surface area contributed by atoms with Gasteiger partial charge in [0.1, 0.15) is 0 Å². The Hall–Kier alpha value is -0.460. The molecular formula is C19H25SiZr. The fourth-order valence-corrected chi connectivity index (χ4v) is 19.9. The van der Waals surface area contributed by atoms with Crippen LogP contribution in [-0.2, 0) is 20.9 Å². The molecule has 0 amide bonds. The van der Waals surface area contributed by atoms with Crippen LogP contribution in [-0.4, -0.2) is 7.37 Å². The first-order valence-electron chi connectivity index (χ1n) is 7.85. The molecule has 0 bridgehead atoms. The van der Waals surface area contributed by atoms with Crippen molar-refractivity contribution in [3.63, 3.8) is 0 Å². The first-order chi connectivity index (χ1) is 9.86. The van der Waals surface area contributed by atoms with Crippen molar-refractivity contribution in [3.8, 4) is 0 Å². The van der Waals surface area contributed by atoms with Crippen molar-refractivity contribution >= 4 is 13.4 Å². The van der Waals surface area contributed by atoms with E-state index in [2.05, 4.69) is 71.0 Å². The Morgan fingerprint density at radius 1 is 1.10 bits per heavy atom. The van der Waals surface area contributed by atoms with Crippen LogP contribution >= 0.6 is 0 Å². The molecular weight excluding hydrogens is 348 g/mol. The van der Waals surface area contributed by atoms with Gasteiger partial charge in [-0.25, -0.2) is 0 Å². The summed E-state index contributed by atoms with van der Waals surface area (Å²) in [7, 11) is 1.40. The molecule has 1 aromatic rings. The Morgan fingerprint density at radius 2 is 1.76 bits per heavy atom. The van der Waals surface area contributed by atoms with Gasteiger partial charge in [0.05, 0.1) is 0 Å². The van der Waals surface area contributed by atoms with Gasteiger partial charge in [-0.2, -0.15) is 0 Å². The van der Waals surface area contributed by atoms with Crippen LogP contribution in [0.5, 0.6) is 0 Å². The van der Waals surface area contributed by atoms with E-state index < -0.39 is 20.9 Å². The average molecular weight is 373 g/mol. The molecule has 0 radical (unpaired) electrons. The average Bonchev–Trinajstić information content (AvgIpc) is 2.88. The van der Waals surface area contributed by atoms with Gasteiger partial charge in [0.2, 0.25) is 0 Å². The van der Waals surface area contributed by atoms with Crippen LogP contribution in [0.25, 0.3) is 6.08 Å². The zero-order valence-corrected chi connectivity index (χ0v) is 18.5. The van der Waals surface area contributed by atoms with Crippen molar-refractivity contribution in [2.75, 3.05) is 0 Å². The van der Waals surface area contributed by atoms with E-state index in [1.54, 1.807) is 22.3 Å². The molecule has 0 nitrogen and oxygen atoms in total. The molecule has 0 aliphatic heterocycles. The van der Waals surface area contributed by atoms with Gasteiger partial charge in [0, 0.05) is 0 Å². The molecule has 2 aliphatic carbocycles. The summed E-state index contributed by atoms with van der Waals surface area (Å²) >= 11 is -1.59. The molecule has 0 spiro atoms. The van der Waals surface area contributed by atoms with E-state index in [0.29, 0.717) is 3.12 Å². The predicted octanol–water partition coefficient (Wildman–Crippen LogP) is 4.52. The molecule has 0 fully saturated rings. The van der Waals surface area contributed by atoms with Crippen molar-refractivity contribution in [1.29, 1.82) is 0 Å². The van der Waals surface area contributed by atoms with E-state index in [0.717, 1.165) is 3.63 Å². The van der Waals surface area contributed by atoms with Gasteiger partial charge in [0.25, 0.3) is 0 Å². The van der Waals surface area contributed by atoms with Gasteiger partial charge >= 0.3 is 139 Å². The molecule has 2 unspecified atom stereocenters.